The van der Waals surface area contributed by atoms with Gasteiger partial charge in [0.25, 0.3) is 0 Å². The first-order chi connectivity index (χ1) is 17.8. The van der Waals surface area contributed by atoms with E-state index in [0.717, 1.165) is 18.4 Å². The molecule has 5 aromatic carbocycles. The first-order valence-electron chi connectivity index (χ1n) is 12.6. The highest BCUT2D eigenvalue weighted by atomic mass is 32.1. The van der Waals surface area contributed by atoms with Crippen molar-refractivity contribution < 1.29 is 0 Å². The summed E-state index contributed by atoms with van der Waals surface area (Å²) in [5.74, 6) is 0. The van der Waals surface area contributed by atoms with Crippen molar-refractivity contribution >= 4 is 53.2 Å². The van der Waals surface area contributed by atoms with Crippen molar-refractivity contribution in [3.05, 3.63) is 114 Å². The smallest absolute Gasteiger partial charge is 0.0789 e. The van der Waals surface area contributed by atoms with E-state index >= 15 is 0 Å². The second kappa shape index (κ2) is 7.49. The van der Waals surface area contributed by atoms with Crippen LogP contribution in [-0.4, -0.2) is 4.98 Å². The largest absolute Gasteiger partial charge is 0.256 e. The number of thiophene rings is 1. The van der Waals surface area contributed by atoms with Crippen LogP contribution in [0.25, 0.3) is 64.1 Å². The molecule has 8 rings (SSSR count). The van der Waals surface area contributed by atoms with Gasteiger partial charge in [0, 0.05) is 37.3 Å². The summed E-state index contributed by atoms with van der Waals surface area (Å²) in [7, 11) is 0. The Labute approximate surface area is 213 Å². The van der Waals surface area contributed by atoms with Gasteiger partial charge in [0.2, 0.25) is 0 Å². The van der Waals surface area contributed by atoms with Gasteiger partial charge in [-0.1, -0.05) is 60.7 Å². The van der Waals surface area contributed by atoms with Crippen LogP contribution in [0, 0.1) is 6.92 Å². The Morgan fingerprint density at radius 3 is 2.39 bits per heavy atom. The predicted octanol–water partition coefficient (Wildman–Crippen LogP) is 9.50. The van der Waals surface area contributed by atoms with Gasteiger partial charge in [0.05, 0.1) is 5.52 Å². The second-order valence-electron chi connectivity index (χ2n) is 9.93. The highest BCUT2D eigenvalue weighted by Crippen LogP contribution is 2.44. The maximum atomic E-state index is 4.99. The molecule has 1 aliphatic rings. The van der Waals surface area contributed by atoms with Crippen LogP contribution in [0.15, 0.2) is 97.2 Å². The van der Waals surface area contributed by atoms with Crippen LogP contribution in [0.2, 0.25) is 0 Å². The van der Waals surface area contributed by atoms with Crippen molar-refractivity contribution in [2.75, 3.05) is 0 Å². The lowest BCUT2D eigenvalue weighted by Gasteiger charge is -2.23. The topological polar surface area (TPSA) is 12.9 Å². The van der Waals surface area contributed by atoms with E-state index in [9.17, 15) is 0 Å². The van der Waals surface area contributed by atoms with Crippen molar-refractivity contribution in [2.45, 2.75) is 19.8 Å². The van der Waals surface area contributed by atoms with Gasteiger partial charge in [-0.3, -0.25) is 4.98 Å². The van der Waals surface area contributed by atoms with Crippen molar-refractivity contribution in [3.63, 3.8) is 0 Å². The molecule has 0 saturated heterocycles. The Balaban J connectivity index is 1.49. The van der Waals surface area contributed by atoms with Gasteiger partial charge < -0.3 is 0 Å². The molecule has 2 aromatic heterocycles. The van der Waals surface area contributed by atoms with Crippen LogP contribution < -0.4 is 0 Å². The lowest BCUT2D eigenvalue weighted by atomic mass is 9.81. The molecule has 0 fully saturated rings. The van der Waals surface area contributed by atoms with Crippen LogP contribution in [-0.2, 0) is 12.8 Å². The van der Waals surface area contributed by atoms with Crippen LogP contribution in [0.4, 0.5) is 0 Å². The van der Waals surface area contributed by atoms with Crippen LogP contribution in [0.5, 0.6) is 0 Å². The molecule has 2 heteroatoms. The molecule has 0 atom stereocenters. The molecule has 1 nitrogen and oxygen atoms in total. The molecule has 170 valence electrons. The highest BCUT2D eigenvalue weighted by Gasteiger charge is 2.21. The van der Waals surface area contributed by atoms with E-state index in [1.807, 2.05) is 17.5 Å². The lowest BCUT2D eigenvalue weighted by Crippen LogP contribution is -2.05. The molecule has 0 unspecified atom stereocenters. The number of fused-ring (bicyclic) bond motifs is 9. The summed E-state index contributed by atoms with van der Waals surface area (Å²) in [4.78, 5) is 4.99. The third-order valence-corrected chi connectivity index (χ3v) is 9.08. The molecule has 0 saturated carbocycles. The summed E-state index contributed by atoms with van der Waals surface area (Å²) in [6.45, 7) is 2.22. The monoisotopic (exact) mass is 477 g/mol. The highest BCUT2D eigenvalue weighted by molar-refractivity contribution is 7.25. The van der Waals surface area contributed by atoms with Crippen LogP contribution in [0.3, 0.4) is 0 Å². The van der Waals surface area contributed by atoms with Crippen molar-refractivity contribution in [2.24, 2.45) is 0 Å². The maximum Gasteiger partial charge on any atom is 0.0789 e. The summed E-state index contributed by atoms with van der Waals surface area (Å²) < 4.78 is 2.69. The third kappa shape index (κ3) is 2.79. The van der Waals surface area contributed by atoms with Gasteiger partial charge in [0.15, 0.2) is 0 Å². The Kier molecular flexibility index (Phi) is 4.21. The number of rotatable bonds is 1. The fourth-order valence-electron chi connectivity index (χ4n) is 6.28. The minimum absolute atomic E-state index is 1.06. The number of aryl methyl sites for hydroxylation is 2. The van der Waals surface area contributed by atoms with E-state index in [-0.39, 0.29) is 0 Å². The molecule has 2 heterocycles. The summed E-state index contributed by atoms with van der Waals surface area (Å²) >= 11 is 1.88. The number of hydrogen-bond acceptors (Lipinski definition) is 2. The van der Waals surface area contributed by atoms with Crippen LogP contribution >= 0.6 is 11.3 Å². The summed E-state index contributed by atoms with van der Waals surface area (Å²) in [5.41, 5.74) is 10.6. The van der Waals surface area contributed by atoms with Gasteiger partial charge in [-0.2, -0.15) is 0 Å². The average molecular weight is 478 g/mol. The number of pyridine rings is 1. The molecular weight excluding hydrogens is 454 g/mol. The predicted molar refractivity (Wildman–Crippen MR) is 155 cm³/mol. The molecule has 0 amide bonds. The molecule has 7 aromatic rings. The summed E-state index contributed by atoms with van der Waals surface area (Å²) in [5, 5.41) is 6.56. The van der Waals surface area contributed by atoms with E-state index in [2.05, 4.69) is 97.9 Å². The summed E-state index contributed by atoms with van der Waals surface area (Å²) in [6.07, 6.45) is 4.11. The zero-order chi connectivity index (χ0) is 23.8. The van der Waals surface area contributed by atoms with Gasteiger partial charge in [-0.15, -0.1) is 11.3 Å². The standard InChI is InChI=1S/C34H23NS/c1-20-15-16-35-34-30(25-11-6-10-24-23-8-3-2-7-21(23)13-14-26(24)25)18-22-17-29-27-9-4-5-12-31(27)36-32(29)19-28(22)33(20)34/h2-12,15-19H,13-14H2,1H3. The van der Waals surface area contributed by atoms with E-state index < -0.39 is 0 Å². The fourth-order valence-corrected chi connectivity index (χ4v) is 7.40. The molecule has 1 aliphatic carbocycles. The van der Waals surface area contributed by atoms with Gasteiger partial charge >= 0.3 is 0 Å². The average Bonchev–Trinajstić information content (AvgIpc) is 3.28. The summed E-state index contributed by atoms with van der Waals surface area (Å²) in [6, 6.07) is 33.8. The zero-order valence-electron chi connectivity index (χ0n) is 20.0. The Morgan fingerprint density at radius 2 is 1.44 bits per heavy atom. The first-order valence-corrected chi connectivity index (χ1v) is 13.4. The Hall–Kier alpha value is -4.01. The zero-order valence-corrected chi connectivity index (χ0v) is 20.8. The first kappa shape index (κ1) is 20.2. The number of nitrogens with zero attached hydrogens (tertiary/aromatic N) is 1. The van der Waals surface area contributed by atoms with Gasteiger partial charge in [-0.05, 0) is 94.3 Å². The molecule has 0 aliphatic heterocycles. The molecule has 36 heavy (non-hydrogen) atoms. The van der Waals surface area contributed by atoms with Crippen LogP contribution in [0.1, 0.15) is 16.7 Å². The van der Waals surface area contributed by atoms with E-state index in [0.29, 0.717) is 0 Å². The minimum Gasteiger partial charge on any atom is -0.256 e. The van der Waals surface area contributed by atoms with Crippen molar-refractivity contribution in [1.82, 2.24) is 4.98 Å². The molecule has 0 radical (unpaired) electrons. The van der Waals surface area contributed by atoms with E-state index in [4.69, 9.17) is 4.98 Å². The molecule has 0 bridgehead atoms. The van der Waals surface area contributed by atoms with Gasteiger partial charge in [0.1, 0.15) is 0 Å². The molecule has 0 spiro atoms. The number of hydrogen-bond donors (Lipinski definition) is 0. The normalized spacial score (nSPS) is 12.9. The Morgan fingerprint density at radius 1 is 0.639 bits per heavy atom. The molecule has 0 N–H and O–H groups in total. The Bertz CT molecular complexity index is 2010. The van der Waals surface area contributed by atoms with E-state index in [1.165, 1.54) is 75.3 Å². The van der Waals surface area contributed by atoms with Crippen molar-refractivity contribution in [3.8, 4) is 22.3 Å². The van der Waals surface area contributed by atoms with E-state index in [1.54, 1.807) is 0 Å². The van der Waals surface area contributed by atoms with Crippen molar-refractivity contribution in [1.29, 1.82) is 0 Å². The number of aromatic nitrogens is 1. The SMILES string of the molecule is Cc1ccnc2c(-c3cccc4c3CCc3ccccc3-4)cc3cc4c(cc3c12)sc1ccccc14. The minimum atomic E-state index is 1.06. The second-order valence-corrected chi connectivity index (χ2v) is 11.0. The maximum absolute atomic E-state index is 4.99. The molecular formula is C34H23NS. The quantitative estimate of drug-likeness (QED) is 0.215. The lowest BCUT2D eigenvalue weighted by molar-refractivity contribution is 0.944. The number of benzene rings is 5. The fraction of sp³-hybridized carbons (Fsp3) is 0.0882. The van der Waals surface area contributed by atoms with Gasteiger partial charge in [-0.25, -0.2) is 0 Å². The third-order valence-electron chi connectivity index (χ3n) is 7.95.